The fraction of sp³-hybridized carbons (Fsp3) is 0.714. The van der Waals surface area contributed by atoms with Gasteiger partial charge in [0.05, 0.1) is 7.11 Å². The van der Waals surface area contributed by atoms with Crippen LogP contribution >= 0.6 is 0 Å². The van der Waals surface area contributed by atoms with Gasteiger partial charge < -0.3 is 19.7 Å². The Labute approximate surface area is 64.0 Å². The van der Waals surface area contributed by atoms with Gasteiger partial charge in [-0.3, -0.25) is 0 Å². The third kappa shape index (κ3) is 0.946. The van der Waals surface area contributed by atoms with Crippen LogP contribution in [-0.2, 0) is 9.47 Å². The lowest BCUT2D eigenvalue weighted by molar-refractivity contribution is 0.0947. The van der Waals surface area contributed by atoms with Crippen molar-refractivity contribution in [1.82, 2.24) is 0 Å². The molecular weight excluding hydrogens is 148 g/mol. The molecule has 0 saturated carbocycles. The van der Waals surface area contributed by atoms with Crippen molar-refractivity contribution in [2.75, 3.05) is 7.11 Å². The van der Waals surface area contributed by atoms with Gasteiger partial charge in [0.25, 0.3) is 0 Å². The number of ether oxygens (including phenoxy) is 2. The lowest BCUT2D eigenvalue weighted by Crippen LogP contribution is -2.31. The van der Waals surface area contributed by atoms with Gasteiger partial charge in [-0.2, -0.15) is 0 Å². The van der Waals surface area contributed by atoms with Crippen molar-refractivity contribution in [1.29, 1.82) is 0 Å². The third-order valence-corrected chi connectivity index (χ3v) is 2.07. The molecule has 4 nitrogen and oxygen atoms in total. The minimum Gasteiger partial charge on any atom is -0.498 e. The normalized spacial score (nSPS) is 47.7. The standard InChI is InChI=1S/C7H10O4/c1-10-4-2-3(8)6-7(11-6)5(4)9/h2-3,5-9H,1H3/t3-,5+,6-,7+/m1/s1. The van der Waals surface area contributed by atoms with Gasteiger partial charge in [0.15, 0.2) is 0 Å². The van der Waals surface area contributed by atoms with Gasteiger partial charge in [0, 0.05) is 0 Å². The van der Waals surface area contributed by atoms with Crippen LogP contribution in [0.25, 0.3) is 0 Å². The summed E-state index contributed by atoms with van der Waals surface area (Å²) >= 11 is 0. The van der Waals surface area contributed by atoms with Gasteiger partial charge in [0.1, 0.15) is 30.2 Å². The average molecular weight is 158 g/mol. The van der Waals surface area contributed by atoms with Crippen LogP contribution in [0.5, 0.6) is 0 Å². The van der Waals surface area contributed by atoms with Crippen LogP contribution in [0, 0.1) is 0 Å². The Balaban J connectivity index is 2.18. The quantitative estimate of drug-likeness (QED) is 0.481. The Hall–Kier alpha value is -0.580. The van der Waals surface area contributed by atoms with Gasteiger partial charge in [-0.25, -0.2) is 0 Å². The van der Waals surface area contributed by atoms with Crippen LogP contribution in [0.15, 0.2) is 11.8 Å². The Kier molecular flexibility index (Phi) is 1.42. The smallest absolute Gasteiger partial charge is 0.139 e. The second-order valence-corrected chi connectivity index (χ2v) is 2.77. The summed E-state index contributed by atoms with van der Waals surface area (Å²) in [4.78, 5) is 0. The van der Waals surface area contributed by atoms with E-state index in [4.69, 9.17) is 9.47 Å². The van der Waals surface area contributed by atoms with Crippen molar-refractivity contribution in [2.24, 2.45) is 0 Å². The van der Waals surface area contributed by atoms with Gasteiger partial charge in [-0.1, -0.05) is 0 Å². The molecule has 1 aliphatic carbocycles. The Bertz CT molecular complexity index is 201. The van der Waals surface area contributed by atoms with E-state index in [9.17, 15) is 10.2 Å². The summed E-state index contributed by atoms with van der Waals surface area (Å²) in [6.07, 6.45) is -0.320. The molecule has 0 bridgehead atoms. The van der Waals surface area contributed by atoms with Crippen molar-refractivity contribution in [3.63, 3.8) is 0 Å². The highest BCUT2D eigenvalue weighted by molar-refractivity contribution is 5.20. The number of methoxy groups -OCH3 is 1. The molecule has 0 aromatic heterocycles. The molecule has 11 heavy (non-hydrogen) atoms. The van der Waals surface area contributed by atoms with Crippen molar-refractivity contribution < 1.29 is 19.7 Å². The Morgan fingerprint density at radius 3 is 2.82 bits per heavy atom. The molecule has 2 aliphatic rings. The van der Waals surface area contributed by atoms with Gasteiger partial charge in [-0.05, 0) is 6.08 Å². The Morgan fingerprint density at radius 2 is 2.18 bits per heavy atom. The fourth-order valence-corrected chi connectivity index (χ4v) is 1.38. The second kappa shape index (κ2) is 2.20. The highest BCUT2D eigenvalue weighted by atomic mass is 16.6. The molecule has 1 heterocycles. The molecule has 4 atom stereocenters. The predicted octanol–water partition coefficient (Wildman–Crippen LogP) is -0.981. The number of rotatable bonds is 1. The van der Waals surface area contributed by atoms with Crippen molar-refractivity contribution >= 4 is 0 Å². The monoisotopic (exact) mass is 158 g/mol. The predicted molar refractivity (Wildman–Crippen MR) is 35.8 cm³/mol. The topological polar surface area (TPSA) is 62.2 Å². The Morgan fingerprint density at radius 1 is 1.45 bits per heavy atom. The van der Waals surface area contributed by atoms with E-state index in [1.165, 1.54) is 13.2 Å². The first kappa shape index (κ1) is 7.09. The van der Waals surface area contributed by atoms with Crippen LogP contribution in [0.3, 0.4) is 0 Å². The van der Waals surface area contributed by atoms with Crippen LogP contribution in [0.2, 0.25) is 0 Å². The maximum absolute atomic E-state index is 9.37. The van der Waals surface area contributed by atoms with Gasteiger partial charge in [0.2, 0.25) is 0 Å². The maximum atomic E-state index is 9.37. The average Bonchev–Trinajstić information content (AvgIpc) is 2.75. The highest BCUT2D eigenvalue weighted by Crippen LogP contribution is 2.36. The van der Waals surface area contributed by atoms with E-state index < -0.39 is 12.2 Å². The van der Waals surface area contributed by atoms with Crippen molar-refractivity contribution in [3.8, 4) is 0 Å². The SMILES string of the molecule is COC1=C[C@@H](O)[C@H]2O[C@H]2[C@H]1O. The molecule has 1 saturated heterocycles. The van der Waals surface area contributed by atoms with Crippen LogP contribution < -0.4 is 0 Å². The minimum absolute atomic E-state index is 0.219. The molecule has 0 spiro atoms. The summed E-state index contributed by atoms with van der Waals surface area (Å²) in [5, 5.41) is 18.6. The number of hydrogen-bond donors (Lipinski definition) is 2. The number of fused-ring (bicyclic) bond motifs is 1. The van der Waals surface area contributed by atoms with Gasteiger partial charge >= 0.3 is 0 Å². The van der Waals surface area contributed by atoms with Crippen LogP contribution in [0.4, 0.5) is 0 Å². The van der Waals surface area contributed by atoms with Crippen molar-refractivity contribution in [3.05, 3.63) is 11.8 Å². The lowest BCUT2D eigenvalue weighted by Gasteiger charge is -2.17. The molecule has 0 aromatic rings. The van der Waals surface area contributed by atoms with E-state index in [1.807, 2.05) is 0 Å². The zero-order valence-electron chi connectivity index (χ0n) is 6.10. The summed E-state index contributed by atoms with van der Waals surface area (Å²) in [5.74, 6) is 0.399. The van der Waals surface area contributed by atoms with E-state index in [0.717, 1.165) is 0 Å². The van der Waals surface area contributed by atoms with Crippen LogP contribution in [-0.4, -0.2) is 41.7 Å². The minimum atomic E-state index is -0.701. The van der Waals surface area contributed by atoms with E-state index in [-0.39, 0.29) is 12.2 Å². The molecule has 0 unspecified atom stereocenters. The van der Waals surface area contributed by atoms with Gasteiger partial charge in [-0.15, -0.1) is 0 Å². The fourth-order valence-electron chi connectivity index (χ4n) is 1.38. The van der Waals surface area contributed by atoms with Crippen molar-refractivity contribution in [2.45, 2.75) is 24.4 Å². The summed E-state index contributed by atoms with van der Waals surface area (Å²) < 4.78 is 9.84. The number of aliphatic hydroxyl groups is 2. The number of hydrogen-bond acceptors (Lipinski definition) is 4. The molecule has 0 amide bonds. The zero-order valence-corrected chi connectivity index (χ0v) is 6.10. The molecule has 2 N–H and O–H groups in total. The molecule has 2 rings (SSSR count). The summed E-state index contributed by atoms with van der Waals surface area (Å²) in [5.41, 5.74) is 0. The largest absolute Gasteiger partial charge is 0.498 e. The van der Waals surface area contributed by atoms with E-state index in [1.54, 1.807) is 0 Å². The first-order chi connectivity index (χ1) is 5.24. The lowest BCUT2D eigenvalue weighted by atomic mass is 10.0. The molecule has 1 aliphatic heterocycles. The first-order valence-corrected chi connectivity index (χ1v) is 3.51. The summed E-state index contributed by atoms with van der Waals surface area (Å²) in [7, 11) is 1.46. The zero-order chi connectivity index (χ0) is 8.01. The number of aliphatic hydroxyl groups excluding tert-OH is 2. The molecule has 0 aromatic carbocycles. The summed E-state index contributed by atoms with van der Waals surface area (Å²) in [6.45, 7) is 0. The van der Waals surface area contributed by atoms with E-state index >= 15 is 0 Å². The molecular formula is C7H10O4. The molecule has 1 fully saturated rings. The number of epoxide rings is 1. The first-order valence-electron chi connectivity index (χ1n) is 3.51. The maximum Gasteiger partial charge on any atom is 0.139 e. The second-order valence-electron chi connectivity index (χ2n) is 2.77. The molecule has 0 radical (unpaired) electrons. The third-order valence-electron chi connectivity index (χ3n) is 2.07. The van der Waals surface area contributed by atoms with Crippen LogP contribution in [0.1, 0.15) is 0 Å². The highest BCUT2D eigenvalue weighted by Gasteiger charge is 2.53. The summed E-state index contributed by atoms with van der Waals surface area (Å²) in [6, 6.07) is 0. The van der Waals surface area contributed by atoms with E-state index in [0.29, 0.717) is 5.76 Å². The molecule has 4 heteroatoms. The van der Waals surface area contributed by atoms with E-state index in [2.05, 4.69) is 0 Å². The molecule has 62 valence electrons.